The lowest BCUT2D eigenvalue weighted by molar-refractivity contribution is 0.458. The molecule has 90 valence electrons. The third-order valence-corrected chi connectivity index (χ3v) is 3.44. The molecule has 2 nitrogen and oxygen atoms in total. The molecule has 1 aromatic carbocycles. The lowest BCUT2D eigenvalue weighted by Crippen LogP contribution is -2.18. The Kier molecular flexibility index (Phi) is 4.02. The van der Waals surface area contributed by atoms with Crippen LogP contribution in [0.25, 0.3) is 0 Å². The van der Waals surface area contributed by atoms with Crippen molar-refractivity contribution >= 4 is 15.9 Å². The molecule has 2 aromatic rings. The zero-order chi connectivity index (χ0) is 12.3. The van der Waals surface area contributed by atoms with Crippen LogP contribution in [0.5, 0.6) is 0 Å². The Hall–Kier alpha value is -1.06. The maximum absolute atomic E-state index is 5.40. The zero-order valence-electron chi connectivity index (χ0n) is 10.0. The van der Waals surface area contributed by atoms with E-state index in [1.807, 2.05) is 6.07 Å². The molecule has 0 saturated carbocycles. The second kappa shape index (κ2) is 5.52. The number of nitrogens with one attached hydrogen (secondary N) is 1. The van der Waals surface area contributed by atoms with E-state index in [4.69, 9.17) is 4.42 Å². The Bertz CT molecular complexity index is 475. The van der Waals surface area contributed by atoms with Gasteiger partial charge in [0.2, 0.25) is 0 Å². The van der Waals surface area contributed by atoms with Crippen molar-refractivity contribution in [3.05, 3.63) is 58.0 Å². The molecule has 1 N–H and O–H groups in total. The van der Waals surface area contributed by atoms with E-state index in [-0.39, 0.29) is 0 Å². The molecule has 3 heteroatoms. The standard InChI is InChI=1S/C14H16BrNO/c1-10-7-8-17-14(10)9-16-11(2)12-3-5-13(15)6-4-12/h3-8,11,16H,9H2,1-2H3/t11-/m0/s1. The van der Waals surface area contributed by atoms with Crippen molar-refractivity contribution in [3.8, 4) is 0 Å². The summed E-state index contributed by atoms with van der Waals surface area (Å²) in [6, 6.07) is 10.7. The van der Waals surface area contributed by atoms with Gasteiger partial charge in [0, 0.05) is 10.5 Å². The van der Waals surface area contributed by atoms with E-state index in [2.05, 4.69) is 59.4 Å². The van der Waals surface area contributed by atoms with Crippen molar-refractivity contribution in [2.75, 3.05) is 0 Å². The number of rotatable bonds is 4. The SMILES string of the molecule is Cc1ccoc1CN[C@@H](C)c1ccc(Br)cc1. The van der Waals surface area contributed by atoms with Crippen molar-refractivity contribution in [1.82, 2.24) is 5.32 Å². The predicted octanol–water partition coefficient (Wildman–Crippen LogP) is 4.20. The normalized spacial score (nSPS) is 12.6. The predicted molar refractivity (Wildman–Crippen MR) is 72.8 cm³/mol. The number of halogens is 1. The van der Waals surface area contributed by atoms with Gasteiger partial charge in [-0.25, -0.2) is 0 Å². The lowest BCUT2D eigenvalue weighted by Gasteiger charge is -2.13. The maximum atomic E-state index is 5.40. The summed E-state index contributed by atoms with van der Waals surface area (Å²) in [4.78, 5) is 0. The van der Waals surface area contributed by atoms with Crippen LogP contribution >= 0.6 is 15.9 Å². The Morgan fingerprint density at radius 2 is 1.94 bits per heavy atom. The quantitative estimate of drug-likeness (QED) is 0.914. The van der Waals surface area contributed by atoms with Crippen LogP contribution in [0.2, 0.25) is 0 Å². The highest BCUT2D eigenvalue weighted by atomic mass is 79.9. The molecule has 0 saturated heterocycles. The van der Waals surface area contributed by atoms with Gasteiger partial charge in [0.15, 0.2) is 0 Å². The molecule has 0 unspecified atom stereocenters. The first kappa shape index (κ1) is 12.4. The third kappa shape index (κ3) is 3.20. The van der Waals surface area contributed by atoms with Crippen LogP contribution < -0.4 is 5.32 Å². The van der Waals surface area contributed by atoms with E-state index < -0.39 is 0 Å². The first-order chi connectivity index (χ1) is 8.16. The minimum Gasteiger partial charge on any atom is -0.468 e. The Labute approximate surface area is 110 Å². The van der Waals surface area contributed by atoms with Gasteiger partial charge in [-0.05, 0) is 43.2 Å². The van der Waals surface area contributed by atoms with Crippen LogP contribution in [0.1, 0.15) is 29.9 Å². The minimum atomic E-state index is 0.313. The number of hydrogen-bond donors (Lipinski definition) is 1. The molecule has 0 fully saturated rings. The molecule has 1 heterocycles. The van der Waals surface area contributed by atoms with Crippen LogP contribution in [0.4, 0.5) is 0 Å². The molecule has 0 radical (unpaired) electrons. The molecule has 17 heavy (non-hydrogen) atoms. The van der Waals surface area contributed by atoms with Crippen molar-refractivity contribution < 1.29 is 4.42 Å². The van der Waals surface area contributed by atoms with Crippen molar-refractivity contribution in [1.29, 1.82) is 0 Å². The largest absolute Gasteiger partial charge is 0.468 e. The summed E-state index contributed by atoms with van der Waals surface area (Å²) in [5.74, 6) is 1.01. The second-order valence-electron chi connectivity index (χ2n) is 4.18. The summed E-state index contributed by atoms with van der Waals surface area (Å²) < 4.78 is 6.51. The highest BCUT2D eigenvalue weighted by Gasteiger charge is 2.07. The van der Waals surface area contributed by atoms with Crippen LogP contribution in [0.15, 0.2) is 45.5 Å². The van der Waals surface area contributed by atoms with Gasteiger partial charge in [0.1, 0.15) is 5.76 Å². The van der Waals surface area contributed by atoms with Gasteiger partial charge >= 0.3 is 0 Å². The number of benzene rings is 1. The van der Waals surface area contributed by atoms with Gasteiger partial charge in [-0.2, -0.15) is 0 Å². The Morgan fingerprint density at radius 1 is 1.24 bits per heavy atom. The highest BCUT2D eigenvalue weighted by molar-refractivity contribution is 9.10. The zero-order valence-corrected chi connectivity index (χ0v) is 11.6. The topological polar surface area (TPSA) is 25.2 Å². The van der Waals surface area contributed by atoms with Gasteiger partial charge in [-0.1, -0.05) is 28.1 Å². The highest BCUT2D eigenvalue weighted by Crippen LogP contribution is 2.17. The van der Waals surface area contributed by atoms with E-state index >= 15 is 0 Å². The van der Waals surface area contributed by atoms with Gasteiger partial charge in [-0.3, -0.25) is 0 Å². The molecule has 0 aliphatic carbocycles. The summed E-state index contributed by atoms with van der Waals surface area (Å²) in [6.07, 6.45) is 1.73. The van der Waals surface area contributed by atoms with Gasteiger partial charge in [0.25, 0.3) is 0 Å². The van der Waals surface area contributed by atoms with Crippen molar-refractivity contribution in [2.24, 2.45) is 0 Å². The molecule has 0 amide bonds. The second-order valence-corrected chi connectivity index (χ2v) is 5.10. The van der Waals surface area contributed by atoms with Gasteiger partial charge in [-0.15, -0.1) is 0 Å². The van der Waals surface area contributed by atoms with E-state index in [0.717, 1.165) is 16.8 Å². The van der Waals surface area contributed by atoms with Gasteiger partial charge in [0.05, 0.1) is 12.8 Å². The van der Waals surface area contributed by atoms with E-state index in [9.17, 15) is 0 Å². The summed E-state index contributed by atoms with van der Waals surface area (Å²) >= 11 is 3.44. The molecule has 1 atom stereocenters. The minimum absolute atomic E-state index is 0.313. The smallest absolute Gasteiger partial charge is 0.120 e. The molecular weight excluding hydrogens is 278 g/mol. The molecule has 1 aromatic heterocycles. The first-order valence-corrected chi connectivity index (χ1v) is 6.48. The van der Waals surface area contributed by atoms with E-state index in [1.165, 1.54) is 11.1 Å². The first-order valence-electron chi connectivity index (χ1n) is 5.68. The van der Waals surface area contributed by atoms with Crippen molar-refractivity contribution in [2.45, 2.75) is 26.4 Å². The third-order valence-electron chi connectivity index (χ3n) is 2.91. The number of hydrogen-bond acceptors (Lipinski definition) is 2. The van der Waals surface area contributed by atoms with E-state index in [1.54, 1.807) is 6.26 Å². The summed E-state index contributed by atoms with van der Waals surface area (Å²) in [7, 11) is 0. The lowest BCUT2D eigenvalue weighted by atomic mass is 10.1. The molecule has 0 aliphatic heterocycles. The molecular formula is C14H16BrNO. The average Bonchev–Trinajstić information content (AvgIpc) is 2.73. The molecule has 2 rings (SSSR count). The van der Waals surface area contributed by atoms with Crippen LogP contribution in [0, 0.1) is 6.92 Å². The maximum Gasteiger partial charge on any atom is 0.120 e. The summed E-state index contributed by atoms with van der Waals surface area (Å²) in [5, 5.41) is 3.45. The summed E-state index contributed by atoms with van der Waals surface area (Å²) in [5.41, 5.74) is 2.47. The fourth-order valence-electron chi connectivity index (χ4n) is 1.70. The fourth-order valence-corrected chi connectivity index (χ4v) is 1.96. The number of aryl methyl sites for hydroxylation is 1. The van der Waals surface area contributed by atoms with Crippen molar-refractivity contribution in [3.63, 3.8) is 0 Å². The molecule has 0 spiro atoms. The van der Waals surface area contributed by atoms with Crippen LogP contribution in [-0.2, 0) is 6.54 Å². The average molecular weight is 294 g/mol. The van der Waals surface area contributed by atoms with Crippen LogP contribution in [-0.4, -0.2) is 0 Å². The summed E-state index contributed by atoms with van der Waals surface area (Å²) in [6.45, 7) is 4.97. The number of furan rings is 1. The van der Waals surface area contributed by atoms with Crippen LogP contribution in [0.3, 0.4) is 0 Å². The molecule has 0 bridgehead atoms. The Morgan fingerprint density at radius 3 is 2.53 bits per heavy atom. The van der Waals surface area contributed by atoms with E-state index in [0.29, 0.717) is 6.04 Å². The fraction of sp³-hybridized carbons (Fsp3) is 0.286. The monoisotopic (exact) mass is 293 g/mol. The molecule has 0 aliphatic rings. The Balaban J connectivity index is 1.95. The van der Waals surface area contributed by atoms with Gasteiger partial charge < -0.3 is 9.73 Å².